The van der Waals surface area contributed by atoms with Gasteiger partial charge in [-0.2, -0.15) is 0 Å². The van der Waals surface area contributed by atoms with Gasteiger partial charge in [-0.1, -0.05) is 12.1 Å². The molecule has 4 N–H and O–H groups in total. The predicted octanol–water partition coefficient (Wildman–Crippen LogP) is 3.18. The van der Waals surface area contributed by atoms with E-state index < -0.39 is 0 Å². The zero-order valence-electron chi connectivity index (χ0n) is 11.6. The van der Waals surface area contributed by atoms with Crippen LogP contribution in [0.2, 0.25) is 0 Å². The van der Waals surface area contributed by atoms with Crippen LogP contribution in [0.3, 0.4) is 0 Å². The minimum Gasteiger partial charge on any atom is -0.508 e. The van der Waals surface area contributed by atoms with Crippen LogP contribution in [-0.4, -0.2) is 16.6 Å². The van der Waals surface area contributed by atoms with E-state index in [2.05, 4.69) is 10.3 Å². The number of nitrogen functional groups attached to an aromatic ring is 1. The topological polar surface area (TPSA) is 71.2 Å². The van der Waals surface area contributed by atoms with Crippen LogP contribution in [-0.2, 0) is 6.42 Å². The Morgan fingerprint density at radius 2 is 1.81 bits per heavy atom. The average molecular weight is 279 g/mol. The lowest BCUT2D eigenvalue weighted by Crippen LogP contribution is -2.06. The molecule has 0 aliphatic heterocycles. The highest BCUT2D eigenvalue weighted by atomic mass is 16.3. The summed E-state index contributed by atoms with van der Waals surface area (Å²) in [5.41, 5.74) is 8.61. The van der Waals surface area contributed by atoms with E-state index in [9.17, 15) is 5.11 Å². The molecule has 0 bridgehead atoms. The van der Waals surface area contributed by atoms with Crippen LogP contribution < -0.4 is 11.1 Å². The molecular weight excluding hydrogens is 262 g/mol. The van der Waals surface area contributed by atoms with Gasteiger partial charge in [-0.3, -0.25) is 0 Å². The number of benzene rings is 2. The van der Waals surface area contributed by atoms with Gasteiger partial charge >= 0.3 is 0 Å². The van der Waals surface area contributed by atoms with E-state index in [1.54, 1.807) is 12.1 Å². The molecule has 0 aliphatic rings. The average Bonchev–Trinajstić information content (AvgIpc) is 2.49. The number of nitrogens with one attached hydrogen (secondary N) is 1. The smallest absolute Gasteiger partial charge is 0.126 e. The second-order valence-corrected chi connectivity index (χ2v) is 4.99. The Labute approximate surface area is 123 Å². The second-order valence-electron chi connectivity index (χ2n) is 4.99. The first-order valence-electron chi connectivity index (χ1n) is 6.89. The Morgan fingerprint density at radius 1 is 1.00 bits per heavy atom. The monoisotopic (exact) mass is 279 g/mol. The Balaban J connectivity index is 1.65. The van der Waals surface area contributed by atoms with Crippen LogP contribution in [0.25, 0.3) is 10.9 Å². The highest BCUT2D eigenvalue weighted by molar-refractivity contribution is 5.83. The zero-order chi connectivity index (χ0) is 14.7. The van der Waals surface area contributed by atoms with Crippen LogP contribution in [0.1, 0.15) is 5.56 Å². The zero-order valence-corrected chi connectivity index (χ0v) is 11.6. The number of hydrogen-bond acceptors (Lipinski definition) is 4. The maximum absolute atomic E-state index is 9.25. The Kier molecular flexibility index (Phi) is 3.60. The number of aromatic hydroxyl groups is 1. The van der Waals surface area contributed by atoms with E-state index in [-0.39, 0.29) is 0 Å². The van der Waals surface area contributed by atoms with Gasteiger partial charge in [-0.25, -0.2) is 4.98 Å². The van der Waals surface area contributed by atoms with Crippen molar-refractivity contribution in [1.82, 2.24) is 4.98 Å². The van der Waals surface area contributed by atoms with E-state index >= 15 is 0 Å². The third-order valence-electron chi connectivity index (χ3n) is 3.37. The number of aromatic nitrogens is 1. The third-order valence-corrected chi connectivity index (χ3v) is 3.37. The van der Waals surface area contributed by atoms with Crippen molar-refractivity contribution in [1.29, 1.82) is 0 Å². The van der Waals surface area contributed by atoms with Crippen molar-refractivity contribution in [3.05, 3.63) is 60.2 Å². The van der Waals surface area contributed by atoms with E-state index in [1.165, 1.54) is 5.56 Å². The molecule has 4 heteroatoms. The molecule has 0 radical (unpaired) electrons. The number of hydrogen-bond donors (Lipinski definition) is 3. The number of pyridine rings is 1. The van der Waals surface area contributed by atoms with Gasteiger partial charge in [0.2, 0.25) is 0 Å². The molecular formula is C17H17N3O. The summed E-state index contributed by atoms with van der Waals surface area (Å²) in [4.78, 5) is 4.55. The fourth-order valence-corrected chi connectivity index (χ4v) is 2.24. The molecule has 3 rings (SSSR count). The molecule has 0 atom stereocenters. The van der Waals surface area contributed by atoms with Gasteiger partial charge in [-0.15, -0.1) is 0 Å². The van der Waals surface area contributed by atoms with Crippen molar-refractivity contribution in [2.45, 2.75) is 6.42 Å². The van der Waals surface area contributed by atoms with Crippen LogP contribution in [0.4, 0.5) is 11.5 Å². The van der Waals surface area contributed by atoms with Crippen molar-refractivity contribution < 1.29 is 5.11 Å². The fourth-order valence-electron chi connectivity index (χ4n) is 2.24. The molecule has 2 aromatic carbocycles. The first-order chi connectivity index (χ1) is 10.2. The number of fused-ring (bicyclic) bond motifs is 1. The summed E-state index contributed by atoms with van der Waals surface area (Å²) < 4.78 is 0. The molecule has 1 aromatic heterocycles. The highest BCUT2D eigenvalue weighted by Crippen LogP contribution is 2.18. The van der Waals surface area contributed by atoms with Crippen molar-refractivity contribution in [2.24, 2.45) is 0 Å². The maximum Gasteiger partial charge on any atom is 0.126 e. The van der Waals surface area contributed by atoms with Crippen molar-refractivity contribution >= 4 is 22.4 Å². The standard InChI is InChI=1S/C17H17N3O/c18-14-4-7-16-13(11-14)3-8-17(20-16)19-10-9-12-1-5-15(21)6-2-12/h1-8,11,21H,9-10,18H2,(H,19,20). The van der Waals surface area contributed by atoms with Gasteiger partial charge in [0.1, 0.15) is 11.6 Å². The third kappa shape index (κ3) is 3.23. The molecule has 0 unspecified atom stereocenters. The van der Waals surface area contributed by atoms with E-state index in [4.69, 9.17) is 5.73 Å². The minimum atomic E-state index is 0.294. The van der Waals surface area contributed by atoms with Crippen molar-refractivity contribution in [3.63, 3.8) is 0 Å². The number of nitrogens with zero attached hydrogens (tertiary/aromatic N) is 1. The minimum absolute atomic E-state index is 0.294. The summed E-state index contributed by atoms with van der Waals surface area (Å²) >= 11 is 0. The summed E-state index contributed by atoms with van der Waals surface area (Å²) in [7, 11) is 0. The molecule has 21 heavy (non-hydrogen) atoms. The molecule has 0 amide bonds. The number of nitrogens with two attached hydrogens (primary N) is 1. The predicted molar refractivity (Wildman–Crippen MR) is 86.5 cm³/mol. The molecule has 1 heterocycles. The Hall–Kier alpha value is -2.75. The maximum atomic E-state index is 9.25. The first-order valence-corrected chi connectivity index (χ1v) is 6.89. The van der Waals surface area contributed by atoms with Gasteiger partial charge in [0, 0.05) is 17.6 Å². The van der Waals surface area contributed by atoms with E-state index in [0.29, 0.717) is 5.75 Å². The van der Waals surface area contributed by atoms with Crippen molar-refractivity contribution in [2.75, 3.05) is 17.6 Å². The summed E-state index contributed by atoms with van der Waals surface area (Å²) in [6, 6.07) is 16.9. The molecule has 0 saturated heterocycles. The van der Waals surface area contributed by atoms with Gasteiger partial charge < -0.3 is 16.2 Å². The summed E-state index contributed by atoms with van der Waals surface area (Å²) in [5, 5.41) is 13.6. The molecule has 0 aliphatic carbocycles. The summed E-state index contributed by atoms with van der Waals surface area (Å²) in [5.74, 6) is 1.15. The van der Waals surface area contributed by atoms with Crippen LogP contribution in [0, 0.1) is 0 Å². The van der Waals surface area contributed by atoms with E-state index in [1.807, 2.05) is 42.5 Å². The largest absolute Gasteiger partial charge is 0.508 e. The van der Waals surface area contributed by atoms with Gasteiger partial charge in [-0.05, 0) is 54.4 Å². The quantitative estimate of drug-likeness (QED) is 0.641. The molecule has 4 nitrogen and oxygen atoms in total. The highest BCUT2D eigenvalue weighted by Gasteiger charge is 1.99. The molecule has 106 valence electrons. The van der Waals surface area contributed by atoms with Gasteiger partial charge in [0.05, 0.1) is 5.52 Å². The van der Waals surface area contributed by atoms with Crippen LogP contribution in [0.5, 0.6) is 5.75 Å². The lowest BCUT2D eigenvalue weighted by Gasteiger charge is -2.07. The van der Waals surface area contributed by atoms with Gasteiger partial charge in [0.25, 0.3) is 0 Å². The van der Waals surface area contributed by atoms with Crippen LogP contribution in [0.15, 0.2) is 54.6 Å². The lowest BCUT2D eigenvalue weighted by atomic mass is 10.1. The van der Waals surface area contributed by atoms with Crippen molar-refractivity contribution in [3.8, 4) is 5.75 Å². The summed E-state index contributed by atoms with van der Waals surface area (Å²) in [6.07, 6.45) is 0.877. The first kappa shape index (κ1) is 13.2. The molecule has 0 saturated carbocycles. The van der Waals surface area contributed by atoms with E-state index in [0.717, 1.165) is 35.4 Å². The number of phenolic OH excluding ortho intramolecular Hbond substituents is 1. The Morgan fingerprint density at radius 3 is 2.62 bits per heavy atom. The molecule has 0 fully saturated rings. The normalized spacial score (nSPS) is 10.7. The SMILES string of the molecule is Nc1ccc2nc(NCCc3ccc(O)cc3)ccc2c1. The number of phenols is 1. The summed E-state index contributed by atoms with van der Waals surface area (Å²) in [6.45, 7) is 0.790. The molecule has 0 spiro atoms. The van der Waals surface area contributed by atoms with Gasteiger partial charge in [0.15, 0.2) is 0 Å². The molecule has 3 aromatic rings. The lowest BCUT2D eigenvalue weighted by molar-refractivity contribution is 0.475. The fraction of sp³-hybridized carbons (Fsp3) is 0.118. The number of rotatable bonds is 4. The second kappa shape index (κ2) is 5.71. The Bertz CT molecular complexity index is 754. The number of anilines is 2. The van der Waals surface area contributed by atoms with Crippen LogP contribution >= 0.6 is 0 Å².